The molecule has 0 saturated carbocycles. The lowest BCUT2D eigenvalue weighted by atomic mass is 10.2. The Morgan fingerprint density at radius 3 is 2.54 bits per heavy atom. The summed E-state index contributed by atoms with van der Waals surface area (Å²) in [6, 6.07) is 1.08. The highest BCUT2D eigenvalue weighted by molar-refractivity contribution is 4.88. The molecule has 0 amide bonds. The topological polar surface area (TPSA) is 26.7 Å². The molecule has 0 bridgehead atoms. The maximum absolute atomic E-state index is 9.57. The van der Waals surface area contributed by atoms with E-state index in [0.717, 1.165) is 19.5 Å². The van der Waals surface area contributed by atoms with E-state index in [0.29, 0.717) is 12.1 Å². The first-order valence-electron chi connectivity index (χ1n) is 5.09. The van der Waals surface area contributed by atoms with E-state index in [4.69, 9.17) is 0 Å². The number of β-amino-alcohol motifs (C(OH)–C–C–N with tert-alkyl or cyclic N) is 1. The SMILES string of the molecule is CC(C)N1CC(O)CC1CN(C)C. The molecule has 0 radical (unpaired) electrons. The molecule has 1 rings (SSSR count). The molecule has 78 valence electrons. The van der Waals surface area contributed by atoms with Crippen LogP contribution in [0.2, 0.25) is 0 Å². The summed E-state index contributed by atoms with van der Waals surface area (Å²) < 4.78 is 0. The van der Waals surface area contributed by atoms with E-state index in [1.54, 1.807) is 0 Å². The Kier molecular flexibility index (Phi) is 3.71. The van der Waals surface area contributed by atoms with Crippen molar-refractivity contribution >= 4 is 0 Å². The van der Waals surface area contributed by atoms with Crippen molar-refractivity contribution in [1.82, 2.24) is 9.80 Å². The van der Waals surface area contributed by atoms with Gasteiger partial charge in [-0.1, -0.05) is 0 Å². The van der Waals surface area contributed by atoms with Crippen molar-refractivity contribution in [2.24, 2.45) is 0 Å². The van der Waals surface area contributed by atoms with E-state index in [2.05, 4.69) is 37.7 Å². The molecule has 3 heteroatoms. The van der Waals surface area contributed by atoms with E-state index in [1.807, 2.05) is 0 Å². The zero-order valence-corrected chi connectivity index (χ0v) is 9.20. The second kappa shape index (κ2) is 4.40. The quantitative estimate of drug-likeness (QED) is 0.691. The molecule has 1 N–H and O–H groups in total. The maximum atomic E-state index is 9.57. The van der Waals surface area contributed by atoms with Crippen LogP contribution in [-0.2, 0) is 0 Å². The number of likely N-dealkylation sites (tertiary alicyclic amines) is 1. The summed E-state index contributed by atoms with van der Waals surface area (Å²) in [7, 11) is 4.17. The summed E-state index contributed by atoms with van der Waals surface area (Å²) in [6.45, 7) is 6.28. The van der Waals surface area contributed by atoms with Crippen molar-refractivity contribution < 1.29 is 5.11 Å². The third-order valence-corrected chi connectivity index (χ3v) is 2.67. The smallest absolute Gasteiger partial charge is 0.0682 e. The van der Waals surface area contributed by atoms with Crippen LogP contribution in [0.25, 0.3) is 0 Å². The highest BCUT2D eigenvalue weighted by Gasteiger charge is 2.32. The van der Waals surface area contributed by atoms with Crippen molar-refractivity contribution in [2.75, 3.05) is 27.2 Å². The van der Waals surface area contributed by atoms with Crippen LogP contribution in [0.5, 0.6) is 0 Å². The van der Waals surface area contributed by atoms with Crippen LogP contribution in [0.15, 0.2) is 0 Å². The molecular weight excluding hydrogens is 164 g/mol. The normalized spacial score (nSPS) is 30.7. The second-order valence-electron chi connectivity index (χ2n) is 4.60. The average molecular weight is 186 g/mol. The predicted molar refractivity (Wildman–Crippen MR) is 54.8 cm³/mol. The van der Waals surface area contributed by atoms with Crippen LogP contribution < -0.4 is 0 Å². The summed E-state index contributed by atoms with van der Waals surface area (Å²) in [6.07, 6.45) is 0.809. The Morgan fingerprint density at radius 2 is 2.08 bits per heavy atom. The van der Waals surface area contributed by atoms with Crippen molar-refractivity contribution in [3.05, 3.63) is 0 Å². The van der Waals surface area contributed by atoms with Crippen molar-refractivity contribution in [1.29, 1.82) is 0 Å². The summed E-state index contributed by atoms with van der Waals surface area (Å²) in [4.78, 5) is 4.59. The molecule has 2 unspecified atom stereocenters. The highest BCUT2D eigenvalue weighted by Crippen LogP contribution is 2.20. The molecule has 0 aliphatic carbocycles. The highest BCUT2D eigenvalue weighted by atomic mass is 16.3. The van der Waals surface area contributed by atoms with Crippen LogP contribution >= 0.6 is 0 Å². The average Bonchev–Trinajstić information content (AvgIpc) is 2.29. The summed E-state index contributed by atoms with van der Waals surface area (Å²) in [5.74, 6) is 0. The standard InChI is InChI=1S/C10H22N2O/c1-8(2)12-7-10(13)5-9(12)6-11(3)4/h8-10,13H,5-7H2,1-4H3. The van der Waals surface area contributed by atoms with Gasteiger partial charge in [0.2, 0.25) is 0 Å². The van der Waals surface area contributed by atoms with Crippen molar-refractivity contribution in [3.63, 3.8) is 0 Å². The van der Waals surface area contributed by atoms with Gasteiger partial charge in [-0.15, -0.1) is 0 Å². The molecule has 3 nitrogen and oxygen atoms in total. The van der Waals surface area contributed by atoms with E-state index in [9.17, 15) is 5.11 Å². The number of likely N-dealkylation sites (N-methyl/N-ethyl adjacent to an activating group) is 1. The minimum absolute atomic E-state index is 0.118. The Bertz CT molecular complexity index is 159. The first kappa shape index (κ1) is 11.0. The first-order chi connectivity index (χ1) is 6.00. The number of hydrogen-bond donors (Lipinski definition) is 1. The van der Waals surface area contributed by atoms with Gasteiger partial charge in [-0.25, -0.2) is 0 Å². The van der Waals surface area contributed by atoms with Gasteiger partial charge in [0.25, 0.3) is 0 Å². The van der Waals surface area contributed by atoms with Gasteiger partial charge in [0.05, 0.1) is 6.10 Å². The van der Waals surface area contributed by atoms with Gasteiger partial charge in [-0.05, 0) is 34.4 Å². The molecule has 1 aliphatic heterocycles. The first-order valence-corrected chi connectivity index (χ1v) is 5.09. The lowest BCUT2D eigenvalue weighted by Gasteiger charge is -2.29. The minimum Gasteiger partial charge on any atom is -0.392 e. The van der Waals surface area contributed by atoms with Crippen LogP contribution in [0.3, 0.4) is 0 Å². The van der Waals surface area contributed by atoms with Gasteiger partial charge in [0.1, 0.15) is 0 Å². The number of hydrogen-bond acceptors (Lipinski definition) is 3. The molecule has 0 spiro atoms. The maximum Gasteiger partial charge on any atom is 0.0682 e. The third-order valence-electron chi connectivity index (χ3n) is 2.67. The van der Waals surface area contributed by atoms with E-state index in [1.165, 1.54) is 0 Å². The zero-order chi connectivity index (χ0) is 10.0. The molecule has 1 saturated heterocycles. The largest absolute Gasteiger partial charge is 0.392 e. The molecule has 13 heavy (non-hydrogen) atoms. The number of aliphatic hydroxyl groups excluding tert-OH is 1. The van der Waals surface area contributed by atoms with Gasteiger partial charge in [-0.3, -0.25) is 4.90 Å². The summed E-state index contributed by atoms with van der Waals surface area (Å²) in [5, 5.41) is 9.57. The molecule has 0 aromatic heterocycles. The van der Waals surface area contributed by atoms with Crippen LogP contribution in [0.1, 0.15) is 20.3 Å². The molecule has 0 aromatic rings. The van der Waals surface area contributed by atoms with Crippen LogP contribution in [0, 0.1) is 0 Å². The summed E-state index contributed by atoms with van der Waals surface area (Å²) in [5.41, 5.74) is 0. The van der Waals surface area contributed by atoms with E-state index >= 15 is 0 Å². The number of rotatable bonds is 3. The minimum atomic E-state index is -0.118. The fraction of sp³-hybridized carbons (Fsp3) is 1.00. The number of nitrogens with zero attached hydrogens (tertiary/aromatic N) is 2. The third kappa shape index (κ3) is 2.93. The number of aliphatic hydroxyl groups is 1. The molecular formula is C10H22N2O. The Morgan fingerprint density at radius 1 is 1.46 bits per heavy atom. The van der Waals surface area contributed by atoms with Gasteiger partial charge in [0.15, 0.2) is 0 Å². The fourth-order valence-electron chi connectivity index (χ4n) is 2.15. The van der Waals surface area contributed by atoms with Crippen LogP contribution in [-0.4, -0.2) is 60.3 Å². The van der Waals surface area contributed by atoms with Crippen LogP contribution in [0.4, 0.5) is 0 Å². The summed E-state index contributed by atoms with van der Waals surface area (Å²) >= 11 is 0. The van der Waals surface area contributed by atoms with Crippen molar-refractivity contribution in [3.8, 4) is 0 Å². The molecule has 1 heterocycles. The van der Waals surface area contributed by atoms with E-state index in [-0.39, 0.29) is 6.10 Å². The second-order valence-corrected chi connectivity index (χ2v) is 4.60. The lowest BCUT2D eigenvalue weighted by molar-refractivity contribution is 0.151. The molecule has 1 fully saturated rings. The molecule has 2 atom stereocenters. The van der Waals surface area contributed by atoms with E-state index < -0.39 is 0 Å². The van der Waals surface area contributed by atoms with Gasteiger partial charge in [0, 0.05) is 25.2 Å². The fourth-order valence-corrected chi connectivity index (χ4v) is 2.15. The Balaban J connectivity index is 2.50. The zero-order valence-electron chi connectivity index (χ0n) is 9.20. The monoisotopic (exact) mass is 186 g/mol. The lowest BCUT2D eigenvalue weighted by Crippen LogP contribution is -2.41. The molecule has 1 aliphatic rings. The Labute approximate surface area is 81.3 Å². The van der Waals surface area contributed by atoms with Crippen molar-refractivity contribution in [2.45, 2.75) is 38.5 Å². The van der Waals surface area contributed by atoms with Gasteiger partial charge < -0.3 is 10.0 Å². The van der Waals surface area contributed by atoms with Gasteiger partial charge in [-0.2, -0.15) is 0 Å². The van der Waals surface area contributed by atoms with Gasteiger partial charge >= 0.3 is 0 Å². The molecule has 0 aromatic carbocycles. The predicted octanol–water partition coefficient (Wildman–Crippen LogP) is 0.392. The Hall–Kier alpha value is -0.120.